The Labute approximate surface area is 215 Å². The summed E-state index contributed by atoms with van der Waals surface area (Å²) in [6.07, 6.45) is 3.08. The lowest BCUT2D eigenvalue weighted by molar-refractivity contribution is 0.00970. The molecule has 1 aliphatic heterocycles. The second-order valence-corrected chi connectivity index (χ2v) is 18.3. The number of carbonyl (C=O) groups excluding carboxylic acids is 1. The molecule has 0 bridgehead atoms. The monoisotopic (exact) mass is 533 g/mol. The van der Waals surface area contributed by atoms with Gasteiger partial charge in [-0.2, -0.15) is 5.10 Å². The molecule has 0 radical (unpaired) electrons. The smallest absolute Gasteiger partial charge is 0.408 e. The third-order valence-electron chi connectivity index (χ3n) is 5.76. The van der Waals surface area contributed by atoms with E-state index in [1.165, 1.54) is 11.3 Å². The van der Waals surface area contributed by atoms with Crippen molar-refractivity contribution >= 4 is 35.6 Å². The highest BCUT2D eigenvalue weighted by Gasteiger charge is 2.40. The van der Waals surface area contributed by atoms with Crippen molar-refractivity contribution < 1.29 is 23.4 Å². The molecule has 3 aromatic rings. The molecule has 9 nitrogen and oxygen atoms in total. The molecule has 0 spiro atoms. The minimum absolute atomic E-state index is 0.162. The van der Waals surface area contributed by atoms with Gasteiger partial charge in [0.1, 0.15) is 28.3 Å². The number of ether oxygens (including phenoxy) is 3. The highest BCUT2D eigenvalue weighted by Crippen LogP contribution is 2.39. The Morgan fingerprint density at radius 1 is 1.33 bits per heavy atom. The number of fused-ring (bicyclic) bond motifs is 3. The van der Waals surface area contributed by atoms with E-state index in [2.05, 4.69) is 30.1 Å². The van der Waals surface area contributed by atoms with Gasteiger partial charge in [0.2, 0.25) is 0 Å². The molecule has 0 aliphatic carbocycles. The first-order valence-corrected chi connectivity index (χ1v) is 16.6. The fourth-order valence-electron chi connectivity index (χ4n) is 3.96. The predicted octanol–water partition coefficient (Wildman–Crippen LogP) is 5.30. The number of hydrogen-bond donors (Lipinski definition) is 1. The first-order chi connectivity index (χ1) is 16.7. The van der Waals surface area contributed by atoms with Crippen LogP contribution in [0.5, 0.6) is 0 Å². The highest BCUT2D eigenvalue weighted by molar-refractivity contribution is 7.22. The first-order valence-electron chi connectivity index (χ1n) is 12.0. The van der Waals surface area contributed by atoms with E-state index in [1.54, 1.807) is 38.6 Å². The van der Waals surface area contributed by atoms with Crippen molar-refractivity contribution in [1.29, 1.82) is 0 Å². The van der Waals surface area contributed by atoms with Crippen molar-refractivity contribution in [2.75, 3.05) is 13.2 Å². The summed E-state index contributed by atoms with van der Waals surface area (Å²) in [4.78, 5) is 26.4. The average Bonchev–Trinajstić information content (AvgIpc) is 3.37. The Balaban J connectivity index is 1.59. The van der Waals surface area contributed by atoms with Gasteiger partial charge in [-0.05, 0) is 39.8 Å². The van der Waals surface area contributed by atoms with E-state index in [4.69, 9.17) is 18.6 Å². The number of nitrogens with zero attached hydrogens (tertiary/aromatic N) is 2. The number of thiophene rings is 1. The zero-order chi connectivity index (χ0) is 26.3. The van der Waals surface area contributed by atoms with E-state index >= 15 is 0 Å². The standard InChI is InChI=1S/C25H35N3O6SSi/c1-24(2,3)34-23(30)27-25(4)14-32-13-18-17-10-19(35-20(17)22(29)33-21(18)25)16-11-26-28(12-16)15-31-8-9-36(5,6)7/h10-12H,8-9,13-15H2,1-7H3,(H,27,30). The Bertz CT molecular complexity index is 1320. The average molecular weight is 534 g/mol. The van der Waals surface area contributed by atoms with E-state index in [0.717, 1.165) is 34.0 Å². The van der Waals surface area contributed by atoms with E-state index in [0.29, 0.717) is 17.2 Å². The number of amides is 1. The molecule has 11 heteroatoms. The van der Waals surface area contributed by atoms with E-state index in [9.17, 15) is 9.59 Å². The van der Waals surface area contributed by atoms with Gasteiger partial charge in [-0.25, -0.2) is 14.3 Å². The minimum atomic E-state index is -1.14. The van der Waals surface area contributed by atoms with Gasteiger partial charge in [0.15, 0.2) is 0 Å². The number of alkyl carbamates (subject to hydrolysis) is 1. The molecule has 4 rings (SSSR count). The fraction of sp³-hybridized carbons (Fsp3) is 0.560. The van der Waals surface area contributed by atoms with Crippen molar-refractivity contribution in [2.24, 2.45) is 0 Å². The third-order valence-corrected chi connectivity index (χ3v) is 8.63. The summed E-state index contributed by atoms with van der Waals surface area (Å²) in [5.41, 5.74) is -0.497. The summed E-state index contributed by atoms with van der Waals surface area (Å²) >= 11 is 1.35. The number of rotatable bonds is 7. The van der Waals surface area contributed by atoms with Crippen molar-refractivity contribution in [3.63, 3.8) is 0 Å². The summed E-state index contributed by atoms with van der Waals surface area (Å²) in [5, 5.41) is 8.01. The lowest BCUT2D eigenvalue weighted by Crippen LogP contribution is -2.51. The van der Waals surface area contributed by atoms with Crippen molar-refractivity contribution in [2.45, 2.75) is 77.9 Å². The maximum Gasteiger partial charge on any atom is 0.408 e. The Morgan fingerprint density at radius 2 is 2.08 bits per heavy atom. The summed E-state index contributed by atoms with van der Waals surface area (Å²) in [6.45, 7) is 15.6. The van der Waals surface area contributed by atoms with Crippen LogP contribution in [0.2, 0.25) is 25.7 Å². The van der Waals surface area contributed by atoms with E-state index in [-0.39, 0.29) is 13.2 Å². The molecule has 36 heavy (non-hydrogen) atoms. The molecule has 196 valence electrons. The zero-order valence-electron chi connectivity index (χ0n) is 22.0. The molecule has 0 saturated heterocycles. The lowest BCUT2D eigenvalue weighted by Gasteiger charge is -2.35. The van der Waals surface area contributed by atoms with Gasteiger partial charge >= 0.3 is 11.7 Å². The number of hydrogen-bond acceptors (Lipinski definition) is 8. The van der Waals surface area contributed by atoms with Crippen molar-refractivity contribution in [1.82, 2.24) is 15.1 Å². The first kappa shape index (κ1) is 26.6. The maximum atomic E-state index is 13.0. The Hall–Kier alpha value is -2.47. The molecule has 1 amide bonds. The van der Waals surface area contributed by atoms with Crippen LogP contribution < -0.4 is 10.9 Å². The van der Waals surface area contributed by atoms with Crippen LogP contribution in [0.3, 0.4) is 0 Å². The normalized spacial score (nSPS) is 18.3. The van der Waals surface area contributed by atoms with Crippen LogP contribution in [0.25, 0.3) is 20.5 Å². The minimum Gasteiger partial charge on any atom is -0.444 e. The Morgan fingerprint density at radius 3 is 2.78 bits per heavy atom. The molecule has 4 heterocycles. The third kappa shape index (κ3) is 6.08. The lowest BCUT2D eigenvalue weighted by atomic mass is 9.92. The summed E-state index contributed by atoms with van der Waals surface area (Å²) < 4.78 is 25.1. The number of aromatic nitrogens is 2. The van der Waals surface area contributed by atoms with Crippen molar-refractivity contribution in [3.8, 4) is 10.4 Å². The molecular weight excluding hydrogens is 498 g/mol. The van der Waals surface area contributed by atoms with Crippen LogP contribution in [0, 0.1) is 0 Å². The molecule has 0 saturated carbocycles. The van der Waals surface area contributed by atoms with Gasteiger partial charge in [-0.1, -0.05) is 19.6 Å². The Kier molecular flexibility index (Phi) is 7.21. The van der Waals surface area contributed by atoms with Crippen LogP contribution >= 0.6 is 11.3 Å². The molecule has 1 N–H and O–H groups in total. The maximum absolute atomic E-state index is 13.0. The van der Waals surface area contributed by atoms with Crippen LogP contribution in [0.1, 0.15) is 39.0 Å². The summed E-state index contributed by atoms with van der Waals surface area (Å²) in [6, 6.07) is 3.06. The molecule has 1 atom stereocenters. The van der Waals surface area contributed by atoms with Crippen molar-refractivity contribution in [3.05, 3.63) is 40.2 Å². The van der Waals surface area contributed by atoms with Crippen LogP contribution in [0.4, 0.5) is 4.79 Å². The summed E-state index contributed by atoms with van der Waals surface area (Å²) in [7, 11) is -1.14. The number of carbonyl (C=O) groups is 1. The van der Waals surface area contributed by atoms with Gasteiger partial charge in [0.25, 0.3) is 0 Å². The van der Waals surface area contributed by atoms with Crippen LogP contribution in [0.15, 0.2) is 27.7 Å². The number of nitrogens with one attached hydrogen (secondary N) is 1. The van der Waals surface area contributed by atoms with Gasteiger partial charge in [-0.3, -0.25) is 0 Å². The predicted molar refractivity (Wildman–Crippen MR) is 142 cm³/mol. The van der Waals surface area contributed by atoms with Gasteiger partial charge < -0.3 is 23.9 Å². The van der Waals surface area contributed by atoms with Gasteiger partial charge in [0, 0.05) is 42.3 Å². The molecule has 0 fully saturated rings. The molecule has 1 unspecified atom stereocenters. The molecular formula is C25H35N3O6SSi. The highest BCUT2D eigenvalue weighted by atomic mass is 32.1. The van der Waals surface area contributed by atoms with E-state index in [1.807, 2.05) is 12.3 Å². The van der Waals surface area contributed by atoms with E-state index < -0.39 is 30.9 Å². The van der Waals surface area contributed by atoms with Crippen LogP contribution in [-0.4, -0.2) is 42.8 Å². The summed E-state index contributed by atoms with van der Waals surface area (Å²) in [5.74, 6) is 0.396. The SMILES string of the molecule is CC(C)(C)OC(=O)NC1(C)COCc2c1oc(=O)c1sc(-c3cnn(COCC[Si](C)(C)C)c3)cc21. The second kappa shape index (κ2) is 9.77. The second-order valence-electron chi connectivity index (χ2n) is 11.6. The quantitative estimate of drug-likeness (QED) is 0.324. The fourth-order valence-corrected chi connectivity index (χ4v) is 5.76. The zero-order valence-corrected chi connectivity index (χ0v) is 23.8. The molecule has 0 aromatic carbocycles. The largest absolute Gasteiger partial charge is 0.444 e. The van der Waals surface area contributed by atoms with Gasteiger partial charge in [-0.15, -0.1) is 11.3 Å². The van der Waals surface area contributed by atoms with Gasteiger partial charge in [0.05, 0.1) is 19.4 Å². The topological polar surface area (TPSA) is 105 Å². The molecule has 3 aromatic heterocycles. The molecule has 1 aliphatic rings. The van der Waals surface area contributed by atoms with Crippen LogP contribution in [-0.2, 0) is 33.1 Å².